The first kappa shape index (κ1) is 10.2. The van der Waals surface area contributed by atoms with E-state index in [2.05, 4.69) is 28.1 Å². The summed E-state index contributed by atoms with van der Waals surface area (Å²) in [4.78, 5) is 9.05. The average Bonchev–Trinajstić information content (AvgIpc) is 2.56. The number of aromatic nitrogens is 4. The third kappa shape index (κ3) is 1.40. The predicted octanol–water partition coefficient (Wildman–Crippen LogP) is 2.51. The first-order valence-electron chi connectivity index (χ1n) is 5.67. The molecule has 0 aliphatic rings. The molecule has 3 aromatic rings. The molecule has 3 aromatic heterocycles. The van der Waals surface area contributed by atoms with E-state index >= 15 is 0 Å². The van der Waals surface area contributed by atoms with Gasteiger partial charge in [0, 0.05) is 17.1 Å². The third-order valence-corrected chi connectivity index (χ3v) is 2.98. The number of pyridine rings is 1. The fourth-order valence-corrected chi connectivity index (χ4v) is 2.33. The maximum Gasteiger partial charge on any atom is 0.184 e. The van der Waals surface area contributed by atoms with Crippen LogP contribution in [0.25, 0.3) is 16.7 Å². The topological polar surface area (TPSA) is 43.1 Å². The van der Waals surface area contributed by atoms with Crippen molar-refractivity contribution >= 4 is 16.7 Å². The normalized spacial score (nSPS) is 11.5. The molecule has 0 N–H and O–H groups in total. The maximum atomic E-state index is 4.58. The van der Waals surface area contributed by atoms with Crippen molar-refractivity contribution in [3.8, 4) is 0 Å². The molecule has 0 fully saturated rings. The third-order valence-electron chi connectivity index (χ3n) is 2.98. The fourth-order valence-electron chi connectivity index (χ4n) is 2.33. The lowest BCUT2D eigenvalue weighted by molar-refractivity contribution is 0.892. The summed E-state index contributed by atoms with van der Waals surface area (Å²) in [6, 6.07) is 4.10. The molecule has 0 aromatic carbocycles. The molecule has 3 rings (SSSR count). The van der Waals surface area contributed by atoms with E-state index in [1.54, 1.807) is 0 Å². The van der Waals surface area contributed by atoms with Gasteiger partial charge in [0.05, 0.1) is 5.39 Å². The molecule has 0 saturated carbocycles. The van der Waals surface area contributed by atoms with Crippen molar-refractivity contribution in [3.05, 3.63) is 34.8 Å². The average molecular weight is 226 g/mol. The zero-order valence-corrected chi connectivity index (χ0v) is 10.4. The van der Waals surface area contributed by atoms with Gasteiger partial charge in [-0.3, -0.25) is 0 Å². The van der Waals surface area contributed by atoms with Gasteiger partial charge < -0.3 is 0 Å². The maximum absolute atomic E-state index is 4.58. The van der Waals surface area contributed by atoms with Crippen molar-refractivity contribution in [2.75, 3.05) is 0 Å². The van der Waals surface area contributed by atoms with Crippen LogP contribution < -0.4 is 0 Å². The molecular formula is C13H14N4. The largest absolute Gasteiger partial charge is 0.233 e. The first-order chi connectivity index (χ1) is 8.06. The highest BCUT2D eigenvalue weighted by molar-refractivity contribution is 5.92. The minimum Gasteiger partial charge on any atom is -0.233 e. The number of aryl methyl sites for hydroxylation is 4. The van der Waals surface area contributed by atoms with Gasteiger partial charge in [0.15, 0.2) is 11.3 Å². The van der Waals surface area contributed by atoms with Gasteiger partial charge in [-0.25, -0.2) is 14.5 Å². The van der Waals surface area contributed by atoms with Crippen LogP contribution in [0.4, 0.5) is 0 Å². The summed E-state index contributed by atoms with van der Waals surface area (Å²) in [7, 11) is 0. The summed E-state index contributed by atoms with van der Waals surface area (Å²) < 4.78 is 1.87. The van der Waals surface area contributed by atoms with Crippen LogP contribution in [0.15, 0.2) is 12.1 Å². The van der Waals surface area contributed by atoms with E-state index in [0.717, 1.165) is 33.8 Å². The van der Waals surface area contributed by atoms with E-state index in [4.69, 9.17) is 0 Å². The molecule has 0 aliphatic heterocycles. The molecule has 86 valence electrons. The smallest absolute Gasteiger partial charge is 0.184 e. The van der Waals surface area contributed by atoms with Crippen LogP contribution in [0.5, 0.6) is 0 Å². The Labute approximate surface area is 99.3 Å². The van der Waals surface area contributed by atoms with Crippen molar-refractivity contribution < 1.29 is 0 Å². The Kier molecular flexibility index (Phi) is 1.96. The van der Waals surface area contributed by atoms with Crippen molar-refractivity contribution in [1.29, 1.82) is 0 Å². The lowest BCUT2D eigenvalue weighted by atomic mass is 10.2. The van der Waals surface area contributed by atoms with Crippen LogP contribution >= 0.6 is 0 Å². The highest BCUT2D eigenvalue weighted by Gasteiger charge is 2.12. The van der Waals surface area contributed by atoms with Gasteiger partial charge >= 0.3 is 0 Å². The lowest BCUT2D eigenvalue weighted by Crippen LogP contribution is -1.96. The van der Waals surface area contributed by atoms with E-state index in [1.165, 1.54) is 5.56 Å². The quantitative estimate of drug-likeness (QED) is 0.591. The molecule has 0 amide bonds. The van der Waals surface area contributed by atoms with Crippen LogP contribution in [-0.2, 0) is 0 Å². The highest BCUT2D eigenvalue weighted by Crippen LogP contribution is 2.22. The van der Waals surface area contributed by atoms with E-state index in [9.17, 15) is 0 Å². The molecule has 0 radical (unpaired) electrons. The molecule has 0 bridgehead atoms. The summed E-state index contributed by atoms with van der Waals surface area (Å²) in [5, 5.41) is 5.58. The van der Waals surface area contributed by atoms with Crippen LogP contribution in [0.1, 0.15) is 22.6 Å². The second-order valence-electron chi connectivity index (χ2n) is 4.55. The summed E-state index contributed by atoms with van der Waals surface area (Å²) in [5.41, 5.74) is 5.96. The van der Waals surface area contributed by atoms with Gasteiger partial charge in [0.25, 0.3) is 0 Å². The molecular weight excluding hydrogens is 212 g/mol. The fraction of sp³-hybridized carbons (Fsp3) is 0.308. The zero-order valence-electron chi connectivity index (χ0n) is 10.4. The van der Waals surface area contributed by atoms with Crippen LogP contribution in [0, 0.1) is 27.7 Å². The highest BCUT2D eigenvalue weighted by atomic mass is 15.3. The standard InChI is InChI=1S/C13H14N4/c1-7-5-8(2)14-12-11(7)13-15-9(3)6-10(4)17(13)16-12/h5-6H,1-4H3. The predicted molar refractivity (Wildman–Crippen MR) is 67.2 cm³/mol. The molecule has 0 unspecified atom stereocenters. The molecule has 0 aliphatic carbocycles. The van der Waals surface area contributed by atoms with Crippen molar-refractivity contribution in [3.63, 3.8) is 0 Å². The molecule has 0 atom stereocenters. The van der Waals surface area contributed by atoms with Gasteiger partial charge in [-0.15, -0.1) is 5.10 Å². The van der Waals surface area contributed by atoms with Crippen LogP contribution in [0.2, 0.25) is 0 Å². The lowest BCUT2D eigenvalue weighted by Gasteiger charge is -2.00. The molecule has 4 nitrogen and oxygen atoms in total. The van der Waals surface area contributed by atoms with Crippen LogP contribution in [0.3, 0.4) is 0 Å². The molecule has 0 saturated heterocycles. The van der Waals surface area contributed by atoms with Gasteiger partial charge in [-0.05, 0) is 45.4 Å². The Morgan fingerprint density at radius 3 is 2.41 bits per heavy atom. The van der Waals surface area contributed by atoms with Crippen molar-refractivity contribution in [2.45, 2.75) is 27.7 Å². The number of fused-ring (bicyclic) bond motifs is 3. The van der Waals surface area contributed by atoms with E-state index in [-0.39, 0.29) is 0 Å². The summed E-state index contributed by atoms with van der Waals surface area (Å²) in [6.45, 7) is 8.11. The summed E-state index contributed by atoms with van der Waals surface area (Å²) in [6.07, 6.45) is 0. The summed E-state index contributed by atoms with van der Waals surface area (Å²) >= 11 is 0. The molecule has 3 heterocycles. The number of rotatable bonds is 0. The molecule has 0 spiro atoms. The Bertz CT molecular complexity index is 740. The Morgan fingerprint density at radius 2 is 1.65 bits per heavy atom. The molecule has 4 heteroatoms. The van der Waals surface area contributed by atoms with Crippen molar-refractivity contribution in [1.82, 2.24) is 19.6 Å². The Hall–Kier alpha value is -1.97. The summed E-state index contributed by atoms with van der Waals surface area (Å²) in [5.74, 6) is 0. The SMILES string of the molecule is Cc1cc(C)c2c(n1)nn1c(C)cc(C)nc21. The second kappa shape index (κ2) is 3.26. The van der Waals surface area contributed by atoms with Gasteiger partial charge in [0.1, 0.15) is 0 Å². The van der Waals surface area contributed by atoms with Crippen LogP contribution in [-0.4, -0.2) is 19.6 Å². The minimum atomic E-state index is 0.781. The zero-order chi connectivity index (χ0) is 12.2. The first-order valence-corrected chi connectivity index (χ1v) is 5.67. The minimum absolute atomic E-state index is 0.781. The van der Waals surface area contributed by atoms with E-state index in [1.807, 2.05) is 31.4 Å². The second-order valence-corrected chi connectivity index (χ2v) is 4.55. The monoisotopic (exact) mass is 226 g/mol. The number of nitrogens with zero attached hydrogens (tertiary/aromatic N) is 4. The van der Waals surface area contributed by atoms with Gasteiger partial charge in [0.2, 0.25) is 0 Å². The number of hydrogen-bond donors (Lipinski definition) is 0. The van der Waals surface area contributed by atoms with Crippen molar-refractivity contribution in [2.24, 2.45) is 0 Å². The Morgan fingerprint density at radius 1 is 0.941 bits per heavy atom. The molecule has 17 heavy (non-hydrogen) atoms. The van der Waals surface area contributed by atoms with E-state index in [0.29, 0.717) is 0 Å². The number of hydrogen-bond acceptors (Lipinski definition) is 3. The van der Waals surface area contributed by atoms with Gasteiger partial charge in [-0.2, -0.15) is 0 Å². The van der Waals surface area contributed by atoms with Gasteiger partial charge in [-0.1, -0.05) is 0 Å². The Balaban J connectivity index is 2.60. The van der Waals surface area contributed by atoms with E-state index < -0.39 is 0 Å².